The number of hydrogen-bond donors (Lipinski definition) is 1. The fourth-order valence-corrected chi connectivity index (χ4v) is 1.87. The van der Waals surface area contributed by atoms with Crippen LogP contribution in [0, 0.1) is 13.8 Å². The van der Waals surface area contributed by atoms with Gasteiger partial charge in [-0.2, -0.15) is 0 Å². The molecule has 17 heavy (non-hydrogen) atoms. The lowest BCUT2D eigenvalue weighted by Gasteiger charge is -2.11. The Labute approximate surface area is 101 Å². The molecule has 0 radical (unpaired) electrons. The van der Waals surface area contributed by atoms with Gasteiger partial charge < -0.3 is 9.88 Å². The molecule has 0 aliphatic heterocycles. The number of nitrogens with zero attached hydrogens (tertiary/aromatic N) is 4. The number of aryl methyl sites for hydroxylation is 2. The topological polar surface area (TPSA) is 55.6 Å². The maximum atomic E-state index is 4.50. The summed E-state index contributed by atoms with van der Waals surface area (Å²) >= 11 is 0. The van der Waals surface area contributed by atoms with Crippen molar-refractivity contribution in [3.8, 4) is 11.5 Å². The molecule has 0 aliphatic carbocycles. The lowest BCUT2D eigenvalue weighted by atomic mass is 10.2. The number of anilines is 1. The van der Waals surface area contributed by atoms with Gasteiger partial charge in [0.05, 0.1) is 0 Å². The van der Waals surface area contributed by atoms with Crippen molar-refractivity contribution in [3.05, 3.63) is 23.8 Å². The van der Waals surface area contributed by atoms with E-state index in [1.807, 2.05) is 27.1 Å². The minimum atomic E-state index is 0.751. The Morgan fingerprint density at radius 1 is 1.29 bits per heavy atom. The van der Waals surface area contributed by atoms with E-state index in [2.05, 4.69) is 31.8 Å². The van der Waals surface area contributed by atoms with Gasteiger partial charge in [-0.15, -0.1) is 0 Å². The van der Waals surface area contributed by atoms with Crippen LogP contribution in [-0.4, -0.2) is 26.6 Å². The fourth-order valence-electron chi connectivity index (χ4n) is 1.87. The first kappa shape index (κ1) is 11.6. The van der Waals surface area contributed by atoms with Crippen LogP contribution in [-0.2, 0) is 6.54 Å². The van der Waals surface area contributed by atoms with Crippen LogP contribution in [0.4, 0.5) is 5.82 Å². The number of aromatic nitrogens is 4. The van der Waals surface area contributed by atoms with Gasteiger partial charge in [0.15, 0.2) is 5.82 Å². The molecule has 0 aromatic carbocycles. The third kappa shape index (κ3) is 2.00. The molecule has 0 aliphatic rings. The largest absolute Gasteiger partial charge is 0.373 e. The molecule has 0 spiro atoms. The van der Waals surface area contributed by atoms with E-state index >= 15 is 0 Å². The molecule has 2 rings (SSSR count). The van der Waals surface area contributed by atoms with Gasteiger partial charge in [-0.3, -0.25) is 0 Å². The minimum absolute atomic E-state index is 0.751. The van der Waals surface area contributed by atoms with Crippen molar-refractivity contribution < 1.29 is 0 Å². The summed E-state index contributed by atoms with van der Waals surface area (Å²) in [5.41, 5.74) is 1.92. The minimum Gasteiger partial charge on any atom is -0.373 e. The van der Waals surface area contributed by atoms with E-state index in [1.165, 1.54) is 0 Å². The van der Waals surface area contributed by atoms with Crippen molar-refractivity contribution in [2.45, 2.75) is 27.3 Å². The van der Waals surface area contributed by atoms with Gasteiger partial charge in [-0.1, -0.05) is 0 Å². The van der Waals surface area contributed by atoms with Crippen molar-refractivity contribution in [2.24, 2.45) is 0 Å². The lowest BCUT2D eigenvalue weighted by molar-refractivity contribution is 0.766. The van der Waals surface area contributed by atoms with Crippen molar-refractivity contribution in [1.82, 2.24) is 19.5 Å². The van der Waals surface area contributed by atoms with E-state index in [0.29, 0.717) is 0 Å². The molecule has 2 aromatic rings. The van der Waals surface area contributed by atoms with Crippen LogP contribution in [0.25, 0.3) is 11.5 Å². The number of imidazole rings is 1. The van der Waals surface area contributed by atoms with Crippen molar-refractivity contribution in [2.75, 3.05) is 12.4 Å². The Balaban J connectivity index is 2.63. The molecule has 5 nitrogen and oxygen atoms in total. The van der Waals surface area contributed by atoms with Crippen LogP contribution >= 0.6 is 0 Å². The fraction of sp³-hybridized carbons (Fsp3) is 0.417. The van der Waals surface area contributed by atoms with E-state index < -0.39 is 0 Å². The molecule has 0 saturated carbocycles. The van der Waals surface area contributed by atoms with Crippen molar-refractivity contribution >= 4 is 5.82 Å². The summed E-state index contributed by atoms with van der Waals surface area (Å²) < 4.78 is 2.08. The zero-order valence-electron chi connectivity index (χ0n) is 10.7. The van der Waals surface area contributed by atoms with Crippen LogP contribution < -0.4 is 5.32 Å². The first-order valence-electron chi connectivity index (χ1n) is 5.71. The molecular weight excluding hydrogens is 214 g/mol. The Kier molecular flexibility index (Phi) is 3.08. The average Bonchev–Trinajstić information content (AvgIpc) is 2.79. The highest BCUT2D eigenvalue weighted by Crippen LogP contribution is 2.24. The first-order valence-corrected chi connectivity index (χ1v) is 5.71. The van der Waals surface area contributed by atoms with Crippen LogP contribution in [0.3, 0.4) is 0 Å². The summed E-state index contributed by atoms with van der Waals surface area (Å²) in [5.74, 6) is 2.51. The van der Waals surface area contributed by atoms with Gasteiger partial charge >= 0.3 is 0 Å². The molecular formula is C12H17N5. The molecule has 0 saturated heterocycles. The SMILES string of the molecule is CCn1ccnc1-c1nc(C)nc(NC)c1C. The maximum Gasteiger partial charge on any atom is 0.159 e. The molecule has 0 bridgehead atoms. The molecule has 0 unspecified atom stereocenters. The quantitative estimate of drug-likeness (QED) is 0.878. The molecule has 5 heteroatoms. The van der Waals surface area contributed by atoms with E-state index in [4.69, 9.17) is 0 Å². The summed E-state index contributed by atoms with van der Waals surface area (Å²) in [5, 5.41) is 3.09. The predicted octanol–water partition coefficient (Wildman–Crippen LogP) is 2.02. The number of nitrogens with one attached hydrogen (secondary N) is 1. The molecule has 2 heterocycles. The zero-order chi connectivity index (χ0) is 12.4. The van der Waals surface area contributed by atoms with Gasteiger partial charge in [-0.25, -0.2) is 15.0 Å². The van der Waals surface area contributed by atoms with Gasteiger partial charge in [0.25, 0.3) is 0 Å². The van der Waals surface area contributed by atoms with Crippen molar-refractivity contribution in [3.63, 3.8) is 0 Å². The third-order valence-electron chi connectivity index (χ3n) is 2.76. The average molecular weight is 231 g/mol. The standard InChI is InChI=1S/C12H17N5/c1-5-17-7-6-14-12(17)10-8(2)11(13-4)16-9(3)15-10/h6-7H,5H2,1-4H3,(H,13,15,16). The molecule has 1 N–H and O–H groups in total. The highest BCUT2D eigenvalue weighted by atomic mass is 15.1. The third-order valence-corrected chi connectivity index (χ3v) is 2.76. The molecule has 0 amide bonds. The second-order valence-corrected chi connectivity index (χ2v) is 3.88. The monoisotopic (exact) mass is 231 g/mol. The number of hydrogen-bond acceptors (Lipinski definition) is 4. The highest BCUT2D eigenvalue weighted by Gasteiger charge is 2.14. The van der Waals surface area contributed by atoms with E-state index in [0.717, 1.165) is 35.3 Å². The summed E-state index contributed by atoms with van der Waals surface area (Å²) in [6.07, 6.45) is 3.76. The van der Waals surface area contributed by atoms with Gasteiger partial charge in [0.1, 0.15) is 17.3 Å². The van der Waals surface area contributed by atoms with Crippen LogP contribution in [0.5, 0.6) is 0 Å². The molecule has 0 atom stereocenters. The van der Waals surface area contributed by atoms with Crippen LogP contribution in [0.2, 0.25) is 0 Å². The van der Waals surface area contributed by atoms with Gasteiger partial charge in [-0.05, 0) is 20.8 Å². The number of rotatable bonds is 3. The second kappa shape index (κ2) is 4.53. The smallest absolute Gasteiger partial charge is 0.159 e. The molecule has 2 aromatic heterocycles. The normalized spacial score (nSPS) is 10.6. The van der Waals surface area contributed by atoms with Gasteiger partial charge in [0.2, 0.25) is 0 Å². The summed E-state index contributed by atoms with van der Waals surface area (Å²) in [6, 6.07) is 0. The summed E-state index contributed by atoms with van der Waals surface area (Å²) in [6.45, 7) is 6.87. The van der Waals surface area contributed by atoms with E-state index in [1.54, 1.807) is 6.20 Å². The van der Waals surface area contributed by atoms with Crippen LogP contribution in [0.1, 0.15) is 18.3 Å². The Morgan fingerprint density at radius 2 is 2.06 bits per heavy atom. The predicted molar refractivity (Wildman–Crippen MR) is 67.9 cm³/mol. The summed E-state index contributed by atoms with van der Waals surface area (Å²) in [4.78, 5) is 13.2. The molecule has 90 valence electrons. The van der Waals surface area contributed by atoms with Crippen LogP contribution in [0.15, 0.2) is 12.4 Å². The highest BCUT2D eigenvalue weighted by molar-refractivity contribution is 5.62. The lowest BCUT2D eigenvalue weighted by Crippen LogP contribution is -2.06. The Morgan fingerprint density at radius 3 is 2.71 bits per heavy atom. The van der Waals surface area contributed by atoms with Crippen molar-refractivity contribution in [1.29, 1.82) is 0 Å². The van der Waals surface area contributed by atoms with Gasteiger partial charge in [0, 0.05) is 31.5 Å². The maximum absolute atomic E-state index is 4.50. The van der Waals surface area contributed by atoms with E-state index in [-0.39, 0.29) is 0 Å². The summed E-state index contributed by atoms with van der Waals surface area (Å²) in [7, 11) is 1.87. The first-order chi connectivity index (χ1) is 8.17. The Hall–Kier alpha value is -1.91. The Bertz CT molecular complexity index is 530. The molecule has 0 fully saturated rings. The zero-order valence-corrected chi connectivity index (χ0v) is 10.7. The van der Waals surface area contributed by atoms with E-state index in [9.17, 15) is 0 Å². The second-order valence-electron chi connectivity index (χ2n) is 3.88.